The molecule has 1 saturated heterocycles. The Bertz CT molecular complexity index is 400. The van der Waals surface area contributed by atoms with E-state index in [-0.39, 0.29) is 6.10 Å². The summed E-state index contributed by atoms with van der Waals surface area (Å²) in [5, 5.41) is 3.29. The van der Waals surface area contributed by atoms with Crippen LogP contribution in [0.2, 0.25) is 0 Å². The molecule has 2 rings (SSSR count). The Morgan fingerprint density at radius 1 is 1.35 bits per heavy atom. The van der Waals surface area contributed by atoms with Crippen LogP contribution in [0.3, 0.4) is 0 Å². The van der Waals surface area contributed by atoms with E-state index in [2.05, 4.69) is 42.0 Å². The summed E-state index contributed by atoms with van der Waals surface area (Å²) in [4.78, 5) is 11.7. The van der Waals surface area contributed by atoms with Crippen molar-refractivity contribution in [3.63, 3.8) is 0 Å². The maximum Gasteiger partial charge on any atom is 0.161 e. The zero-order valence-corrected chi connectivity index (χ0v) is 12.9. The Morgan fingerprint density at radius 3 is 2.90 bits per heavy atom. The third-order valence-corrected chi connectivity index (χ3v) is 3.55. The van der Waals surface area contributed by atoms with Crippen molar-refractivity contribution in [2.24, 2.45) is 0 Å². The lowest BCUT2D eigenvalue weighted by Gasteiger charge is -2.31. The third kappa shape index (κ3) is 3.90. The van der Waals surface area contributed by atoms with E-state index < -0.39 is 0 Å². The van der Waals surface area contributed by atoms with Crippen molar-refractivity contribution in [2.75, 3.05) is 38.1 Å². The van der Waals surface area contributed by atoms with E-state index in [0.717, 1.165) is 63.0 Å². The molecule has 0 radical (unpaired) electrons. The minimum Gasteiger partial charge on any atom is -0.370 e. The van der Waals surface area contributed by atoms with Crippen LogP contribution in [0, 0.1) is 0 Å². The van der Waals surface area contributed by atoms with E-state index in [4.69, 9.17) is 9.72 Å². The van der Waals surface area contributed by atoms with Gasteiger partial charge in [0.15, 0.2) is 5.82 Å². The number of ether oxygens (including phenoxy) is 1. The smallest absolute Gasteiger partial charge is 0.161 e. The number of anilines is 1. The number of hydrogen-bond acceptors (Lipinski definition) is 5. The maximum absolute atomic E-state index is 5.87. The van der Waals surface area contributed by atoms with Gasteiger partial charge in [-0.2, -0.15) is 0 Å². The van der Waals surface area contributed by atoms with Gasteiger partial charge in [-0.15, -0.1) is 0 Å². The fourth-order valence-corrected chi connectivity index (χ4v) is 2.46. The molecule has 0 bridgehead atoms. The molecular weight excluding hydrogens is 252 g/mol. The highest BCUT2D eigenvalue weighted by Gasteiger charge is 2.24. The Morgan fingerprint density at radius 2 is 2.20 bits per heavy atom. The maximum atomic E-state index is 5.87. The molecular formula is C15H26N4O. The predicted molar refractivity (Wildman–Crippen MR) is 81.0 cm³/mol. The van der Waals surface area contributed by atoms with Gasteiger partial charge in [0.2, 0.25) is 0 Å². The van der Waals surface area contributed by atoms with Crippen LogP contribution in [0.4, 0.5) is 5.82 Å². The number of aryl methyl sites for hydroxylation is 1. The average Bonchev–Trinajstić information content (AvgIpc) is 2.48. The first kappa shape index (κ1) is 15.2. The van der Waals surface area contributed by atoms with Crippen LogP contribution in [0.5, 0.6) is 0 Å². The van der Waals surface area contributed by atoms with Crippen molar-refractivity contribution in [1.29, 1.82) is 0 Å². The SMILES string of the molecule is CCCc1cc(NCC)nc(C2CN(CC)CCO2)n1. The first-order valence-electron chi connectivity index (χ1n) is 7.72. The van der Waals surface area contributed by atoms with E-state index in [1.54, 1.807) is 0 Å². The Kier molecular flexibility index (Phi) is 5.73. The van der Waals surface area contributed by atoms with Crippen molar-refractivity contribution in [3.8, 4) is 0 Å². The Balaban J connectivity index is 2.19. The van der Waals surface area contributed by atoms with E-state index in [9.17, 15) is 0 Å². The van der Waals surface area contributed by atoms with E-state index >= 15 is 0 Å². The molecule has 1 atom stereocenters. The molecule has 1 aromatic heterocycles. The first-order valence-corrected chi connectivity index (χ1v) is 7.72. The van der Waals surface area contributed by atoms with Crippen LogP contribution < -0.4 is 5.32 Å². The van der Waals surface area contributed by atoms with Gasteiger partial charge in [0.05, 0.1) is 6.61 Å². The third-order valence-electron chi connectivity index (χ3n) is 3.55. The van der Waals surface area contributed by atoms with E-state index in [1.165, 1.54) is 0 Å². The molecule has 20 heavy (non-hydrogen) atoms. The minimum absolute atomic E-state index is 0.00193. The molecule has 5 heteroatoms. The summed E-state index contributed by atoms with van der Waals surface area (Å²) in [5.74, 6) is 1.74. The van der Waals surface area contributed by atoms with Gasteiger partial charge in [-0.25, -0.2) is 9.97 Å². The quantitative estimate of drug-likeness (QED) is 0.865. The second-order valence-corrected chi connectivity index (χ2v) is 5.14. The Labute approximate surface area is 121 Å². The molecule has 1 fully saturated rings. The number of morpholine rings is 1. The van der Waals surface area contributed by atoms with Gasteiger partial charge < -0.3 is 10.1 Å². The van der Waals surface area contributed by atoms with Crippen LogP contribution in [0.15, 0.2) is 6.07 Å². The lowest BCUT2D eigenvalue weighted by atomic mass is 10.2. The largest absolute Gasteiger partial charge is 0.370 e. The molecule has 0 amide bonds. The second kappa shape index (κ2) is 7.55. The summed E-state index contributed by atoms with van der Waals surface area (Å²) in [6.45, 7) is 11.0. The number of aromatic nitrogens is 2. The lowest BCUT2D eigenvalue weighted by molar-refractivity contribution is -0.0326. The van der Waals surface area contributed by atoms with Gasteiger partial charge >= 0.3 is 0 Å². The number of likely N-dealkylation sites (N-methyl/N-ethyl adjacent to an activating group) is 1. The highest BCUT2D eigenvalue weighted by atomic mass is 16.5. The molecule has 0 aromatic carbocycles. The van der Waals surface area contributed by atoms with E-state index in [0.29, 0.717) is 0 Å². The summed E-state index contributed by atoms with van der Waals surface area (Å²) in [6, 6.07) is 2.05. The highest BCUT2D eigenvalue weighted by molar-refractivity contribution is 5.36. The zero-order chi connectivity index (χ0) is 14.4. The normalized spacial score (nSPS) is 20.1. The van der Waals surface area contributed by atoms with Crippen LogP contribution in [-0.2, 0) is 11.2 Å². The first-order chi connectivity index (χ1) is 9.76. The van der Waals surface area contributed by atoms with Crippen LogP contribution in [-0.4, -0.2) is 47.7 Å². The summed E-state index contributed by atoms with van der Waals surface area (Å²) >= 11 is 0. The molecule has 5 nitrogen and oxygen atoms in total. The van der Waals surface area contributed by atoms with Crippen LogP contribution in [0.25, 0.3) is 0 Å². The van der Waals surface area contributed by atoms with Crippen LogP contribution in [0.1, 0.15) is 44.8 Å². The molecule has 0 saturated carbocycles. The topological polar surface area (TPSA) is 50.3 Å². The van der Waals surface area contributed by atoms with Gasteiger partial charge in [0.25, 0.3) is 0 Å². The van der Waals surface area contributed by atoms with E-state index in [1.807, 2.05) is 0 Å². The summed E-state index contributed by atoms with van der Waals surface area (Å²) in [5.41, 5.74) is 1.10. The van der Waals surface area contributed by atoms with Crippen molar-refractivity contribution in [2.45, 2.75) is 39.7 Å². The zero-order valence-electron chi connectivity index (χ0n) is 12.9. The second-order valence-electron chi connectivity index (χ2n) is 5.14. The monoisotopic (exact) mass is 278 g/mol. The number of nitrogens with one attached hydrogen (secondary N) is 1. The lowest BCUT2D eigenvalue weighted by Crippen LogP contribution is -2.38. The van der Waals surface area contributed by atoms with Crippen molar-refractivity contribution >= 4 is 5.82 Å². The molecule has 2 heterocycles. The fourth-order valence-electron chi connectivity index (χ4n) is 2.46. The summed E-state index contributed by atoms with van der Waals surface area (Å²) in [7, 11) is 0. The molecule has 1 N–H and O–H groups in total. The van der Waals surface area contributed by atoms with Gasteiger partial charge in [-0.3, -0.25) is 4.90 Å². The highest BCUT2D eigenvalue weighted by Crippen LogP contribution is 2.21. The predicted octanol–water partition coefficient (Wildman–Crippen LogP) is 2.25. The molecule has 1 aliphatic heterocycles. The number of hydrogen-bond donors (Lipinski definition) is 1. The molecule has 0 spiro atoms. The fraction of sp³-hybridized carbons (Fsp3) is 0.733. The van der Waals surface area contributed by atoms with Crippen molar-refractivity contribution in [3.05, 3.63) is 17.6 Å². The minimum atomic E-state index is -0.00193. The number of nitrogens with zero attached hydrogens (tertiary/aromatic N) is 3. The van der Waals surface area contributed by atoms with Gasteiger partial charge in [-0.1, -0.05) is 20.3 Å². The summed E-state index contributed by atoms with van der Waals surface area (Å²) < 4.78 is 5.87. The average molecular weight is 278 g/mol. The molecule has 1 aliphatic rings. The Hall–Kier alpha value is -1.20. The van der Waals surface area contributed by atoms with Gasteiger partial charge in [0, 0.05) is 31.4 Å². The summed E-state index contributed by atoms with van der Waals surface area (Å²) in [6.07, 6.45) is 2.07. The molecule has 0 aliphatic carbocycles. The number of rotatable bonds is 6. The molecule has 112 valence electrons. The molecule has 1 aromatic rings. The molecule has 1 unspecified atom stereocenters. The van der Waals surface area contributed by atoms with Crippen molar-refractivity contribution < 1.29 is 4.74 Å². The van der Waals surface area contributed by atoms with Gasteiger partial charge in [-0.05, 0) is 19.9 Å². The van der Waals surface area contributed by atoms with Crippen LogP contribution >= 0.6 is 0 Å². The van der Waals surface area contributed by atoms with Crippen molar-refractivity contribution in [1.82, 2.24) is 14.9 Å². The standard InChI is InChI=1S/C15H26N4O/c1-4-7-12-10-14(16-5-2)18-15(17-12)13-11-19(6-3)8-9-20-13/h10,13H,4-9,11H2,1-3H3,(H,16,17,18). The van der Waals surface area contributed by atoms with Gasteiger partial charge in [0.1, 0.15) is 11.9 Å².